The second-order valence-corrected chi connectivity index (χ2v) is 11.9. The summed E-state index contributed by atoms with van der Waals surface area (Å²) in [7, 11) is 0.691. The SMILES string of the molecule is Cc1ccc(S(=O)(=O)[N-][C@H](c2ccccc2)[C@H](NCCOCC2CCC(C)CC2)c2ccccc2)cc1.[Cl][Ru+]. The van der Waals surface area contributed by atoms with E-state index in [0.29, 0.717) is 19.1 Å². The zero-order valence-electron chi connectivity index (χ0n) is 22.7. The Bertz CT molecular complexity index is 1190. The molecule has 8 heteroatoms. The van der Waals surface area contributed by atoms with Crippen molar-refractivity contribution < 1.29 is 30.5 Å². The van der Waals surface area contributed by atoms with Gasteiger partial charge in [-0.25, -0.2) is 8.42 Å². The predicted octanol–water partition coefficient (Wildman–Crippen LogP) is 7.66. The Kier molecular flexibility index (Phi) is 13.6. The van der Waals surface area contributed by atoms with Crippen LogP contribution in [0.4, 0.5) is 0 Å². The summed E-state index contributed by atoms with van der Waals surface area (Å²) in [5, 5.41) is 3.58. The Morgan fingerprint density at radius 3 is 2.05 bits per heavy atom. The standard InChI is InChI=1S/C31H39N2O3S.ClH.Ru/c1-24-13-17-26(18-14-24)23-36-22-21-32-30(27-9-5-3-6-10-27)31(28-11-7-4-8-12-28)33-37(34,35)29-19-15-25(2)16-20-29;;/h3-12,15-16,19-20,24,26,30-32H,13-14,17-18,21-23H2,1-2H3;1H;/q-1;;+2/p-1/t24?,26?,30-,31-;;/m1../s1. The first-order valence-corrected chi connectivity index (χ1v) is 17.2. The van der Waals surface area contributed by atoms with E-state index in [-0.39, 0.29) is 10.9 Å². The molecular formula is C31H39ClN2O3RuS. The Hall–Kier alpha value is -1.60. The number of rotatable bonds is 12. The van der Waals surface area contributed by atoms with E-state index >= 15 is 0 Å². The maximum absolute atomic E-state index is 13.4. The molecule has 0 amide bonds. The minimum atomic E-state index is -3.88. The first-order chi connectivity index (χ1) is 18.9. The van der Waals surface area contributed by atoms with Crippen LogP contribution in [-0.4, -0.2) is 28.2 Å². The van der Waals surface area contributed by atoms with Crippen LogP contribution in [0.3, 0.4) is 0 Å². The van der Waals surface area contributed by atoms with Crippen molar-refractivity contribution in [2.24, 2.45) is 11.8 Å². The third-order valence-electron chi connectivity index (χ3n) is 7.29. The molecule has 1 aliphatic rings. The molecule has 1 fully saturated rings. The average Bonchev–Trinajstić information content (AvgIpc) is 2.97. The third-order valence-corrected chi connectivity index (χ3v) is 8.66. The molecule has 0 radical (unpaired) electrons. The van der Waals surface area contributed by atoms with Gasteiger partial charge in [-0.3, -0.25) is 0 Å². The van der Waals surface area contributed by atoms with E-state index in [1.807, 2.05) is 84.9 Å². The average molecular weight is 656 g/mol. The van der Waals surface area contributed by atoms with E-state index in [9.17, 15) is 8.42 Å². The van der Waals surface area contributed by atoms with Crippen molar-refractivity contribution in [3.63, 3.8) is 0 Å². The molecule has 0 aliphatic heterocycles. The van der Waals surface area contributed by atoms with Gasteiger partial charge in [0.15, 0.2) is 0 Å². The van der Waals surface area contributed by atoms with Crippen LogP contribution < -0.4 is 5.32 Å². The van der Waals surface area contributed by atoms with Crippen molar-refractivity contribution in [1.82, 2.24) is 5.32 Å². The second-order valence-electron chi connectivity index (χ2n) is 10.3. The fraction of sp³-hybridized carbons (Fsp3) is 0.419. The minimum absolute atomic E-state index is 0.205. The van der Waals surface area contributed by atoms with Crippen LogP contribution in [-0.2, 0) is 32.1 Å². The fourth-order valence-electron chi connectivity index (χ4n) is 4.99. The predicted molar refractivity (Wildman–Crippen MR) is 156 cm³/mol. The van der Waals surface area contributed by atoms with Gasteiger partial charge in [-0.1, -0.05) is 110 Å². The van der Waals surface area contributed by atoms with Crippen LogP contribution in [0, 0.1) is 18.8 Å². The van der Waals surface area contributed by atoms with E-state index < -0.39 is 16.1 Å². The molecule has 0 bridgehead atoms. The fourth-order valence-corrected chi connectivity index (χ4v) is 6.13. The molecule has 39 heavy (non-hydrogen) atoms. The Morgan fingerprint density at radius 2 is 1.46 bits per heavy atom. The summed E-state index contributed by atoms with van der Waals surface area (Å²) in [6, 6.07) is 25.5. The third kappa shape index (κ3) is 10.1. The molecule has 0 saturated heterocycles. The number of benzene rings is 3. The van der Waals surface area contributed by atoms with Gasteiger partial charge in [0.1, 0.15) is 10.0 Å². The van der Waals surface area contributed by atoms with Crippen molar-refractivity contribution in [3.8, 4) is 0 Å². The van der Waals surface area contributed by atoms with Crippen LogP contribution in [0.1, 0.15) is 61.4 Å². The number of halogens is 1. The van der Waals surface area contributed by atoms with Crippen molar-refractivity contribution in [1.29, 1.82) is 0 Å². The molecule has 1 N–H and O–H groups in total. The number of nitrogens with zero attached hydrogens (tertiary/aromatic N) is 1. The van der Waals surface area contributed by atoms with Crippen LogP contribution >= 0.6 is 9.69 Å². The molecule has 1 aliphatic carbocycles. The second kappa shape index (κ2) is 16.6. The van der Waals surface area contributed by atoms with Crippen molar-refractivity contribution in [2.45, 2.75) is 56.5 Å². The van der Waals surface area contributed by atoms with Gasteiger partial charge >= 0.3 is 27.0 Å². The van der Waals surface area contributed by atoms with Crippen LogP contribution in [0.5, 0.6) is 0 Å². The molecule has 2 atom stereocenters. The van der Waals surface area contributed by atoms with Crippen LogP contribution in [0.25, 0.3) is 4.72 Å². The van der Waals surface area contributed by atoms with Gasteiger partial charge in [0.05, 0.1) is 6.61 Å². The summed E-state index contributed by atoms with van der Waals surface area (Å²) < 4.78 is 37.4. The number of aryl methyl sites for hydroxylation is 1. The molecule has 0 heterocycles. The molecular weight excluding hydrogens is 617 g/mol. The summed E-state index contributed by atoms with van der Waals surface area (Å²) in [5.41, 5.74) is 2.84. The quantitative estimate of drug-likeness (QED) is 0.161. The number of ether oxygens (including phenoxy) is 1. The summed E-state index contributed by atoms with van der Waals surface area (Å²) in [6.45, 7) is 6.23. The molecule has 0 aromatic heterocycles. The number of hydrogen-bond donors (Lipinski definition) is 1. The summed E-state index contributed by atoms with van der Waals surface area (Å²) >= 11 is 1.82. The monoisotopic (exact) mass is 656 g/mol. The van der Waals surface area contributed by atoms with Gasteiger partial charge in [-0.2, -0.15) is 0 Å². The first kappa shape index (κ1) is 31.9. The summed E-state index contributed by atoms with van der Waals surface area (Å²) in [4.78, 5) is 0.205. The molecule has 4 rings (SSSR count). The molecule has 0 spiro atoms. The van der Waals surface area contributed by atoms with E-state index in [0.717, 1.165) is 29.2 Å². The number of sulfonamides is 1. The normalized spacial score (nSPS) is 19.0. The topological polar surface area (TPSA) is 69.5 Å². The Balaban J connectivity index is 0.00000205. The summed E-state index contributed by atoms with van der Waals surface area (Å²) in [5.74, 6) is 1.48. The maximum atomic E-state index is 13.4. The molecule has 5 nitrogen and oxygen atoms in total. The van der Waals surface area contributed by atoms with Crippen LogP contribution in [0.15, 0.2) is 89.8 Å². The van der Waals surface area contributed by atoms with Gasteiger partial charge in [0.2, 0.25) is 0 Å². The van der Waals surface area contributed by atoms with E-state index in [4.69, 9.17) is 4.74 Å². The van der Waals surface area contributed by atoms with Crippen molar-refractivity contribution in [3.05, 3.63) is 106 Å². The van der Waals surface area contributed by atoms with Crippen LogP contribution in [0.2, 0.25) is 0 Å². The van der Waals surface area contributed by atoms with Crippen molar-refractivity contribution in [2.75, 3.05) is 19.8 Å². The first-order valence-electron chi connectivity index (χ1n) is 13.5. The van der Waals surface area contributed by atoms with E-state index in [1.165, 1.54) is 25.7 Å². The zero-order valence-corrected chi connectivity index (χ0v) is 26.0. The number of nitrogens with one attached hydrogen (secondary N) is 1. The molecule has 3 aromatic rings. The molecule has 3 aromatic carbocycles. The van der Waals surface area contributed by atoms with Crippen molar-refractivity contribution >= 4 is 19.7 Å². The van der Waals surface area contributed by atoms with E-state index in [1.54, 1.807) is 24.3 Å². The number of hydrogen-bond acceptors (Lipinski definition) is 4. The molecule has 1 saturated carbocycles. The van der Waals surface area contributed by atoms with Gasteiger partial charge in [-0.05, 0) is 49.3 Å². The zero-order chi connectivity index (χ0) is 28.1. The van der Waals surface area contributed by atoms with Gasteiger partial charge in [-0.15, -0.1) is 0 Å². The van der Waals surface area contributed by atoms with Gasteiger partial charge < -0.3 is 14.8 Å². The summed E-state index contributed by atoms with van der Waals surface area (Å²) in [6.07, 6.45) is 5.07. The Labute approximate surface area is 248 Å². The Morgan fingerprint density at radius 1 is 0.897 bits per heavy atom. The molecule has 212 valence electrons. The van der Waals surface area contributed by atoms with Gasteiger partial charge in [0, 0.05) is 24.1 Å². The van der Waals surface area contributed by atoms with E-state index in [2.05, 4.69) is 26.7 Å². The molecule has 0 unspecified atom stereocenters. The van der Waals surface area contributed by atoms with Gasteiger partial charge in [0.25, 0.3) is 0 Å².